The van der Waals surface area contributed by atoms with Crippen LogP contribution in [-0.2, 0) is 4.79 Å². The first-order valence-corrected chi connectivity index (χ1v) is 9.93. The minimum Gasteiger partial charge on any atom is -0.481 e. The lowest BCUT2D eigenvalue weighted by molar-refractivity contribution is -0.122. The molecule has 3 aromatic carbocycles. The van der Waals surface area contributed by atoms with Gasteiger partial charge in [-0.1, -0.05) is 54.6 Å². The maximum Gasteiger partial charge on any atom is 0.265 e. The van der Waals surface area contributed by atoms with Crippen LogP contribution >= 0.6 is 0 Å². The van der Waals surface area contributed by atoms with Crippen molar-refractivity contribution in [1.82, 2.24) is 5.32 Å². The second kappa shape index (κ2) is 9.74. The Balaban J connectivity index is 1.68. The van der Waals surface area contributed by atoms with Crippen LogP contribution in [0.3, 0.4) is 0 Å². The Labute approximate surface area is 177 Å². The molecule has 0 radical (unpaired) electrons. The summed E-state index contributed by atoms with van der Waals surface area (Å²) in [7, 11) is 0. The highest BCUT2D eigenvalue weighted by molar-refractivity contribution is 6.04. The van der Waals surface area contributed by atoms with Crippen LogP contribution in [-0.4, -0.2) is 17.9 Å². The molecule has 2 N–H and O–H groups in total. The van der Waals surface area contributed by atoms with Crippen LogP contribution in [0.1, 0.15) is 41.4 Å². The van der Waals surface area contributed by atoms with Gasteiger partial charge in [-0.25, -0.2) is 0 Å². The molecule has 0 fully saturated rings. The molecule has 30 heavy (non-hydrogen) atoms. The quantitative estimate of drug-likeness (QED) is 0.591. The van der Waals surface area contributed by atoms with Crippen molar-refractivity contribution in [3.8, 4) is 5.75 Å². The predicted molar refractivity (Wildman–Crippen MR) is 119 cm³/mol. The fourth-order valence-electron chi connectivity index (χ4n) is 3.07. The number of amides is 2. The highest BCUT2D eigenvalue weighted by atomic mass is 16.5. The summed E-state index contributed by atoms with van der Waals surface area (Å²) < 4.78 is 5.74. The van der Waals surface area contributed by atoms with E-state index in [0.717, 1.165) is 11.1 Å². The molecule has 2 amide bonds. The normalized spacial score (nSPS) is 12.5. The summed E-state index contributed by atoms with van der Waals surface area (Å²) in [5.41, 5.74) is 2.90. The van der Waals surface area contributed by atoms with Gasteiger partial charge in [0.05, 0.1) is 17.3 Å². The minimum atomic E-state index is -0.717. The number of anilines is 1. The number of carbonyl (C=O) groups excluding carboxylic acids is 2. The standard InChI is InChI=1S/C25H26N2O3/c1-17-10-9-13-21(16-17)30-19(3)24(28)27-23-15-8-7-14-22(23)25(29)26-18(2)20-11-5-4-6-12-20/h4-16,18-19H,1-3H3,(H,26,29)(H,27,28)/t18-,19-/m0/s1. The van der Waals surface area contributed by atoms with Crippen LogP contribution in [0.5, 0.6) is 5.75 Å². The van der Waals surface area contributed by atoms with E-state index in [1.807, 2.05) is 68.4 Å². The van der Waals surface area contributed by atoms with Gasteiger partial charge in [0, 0.05) is 0 Å². The Morgan fingerprint density at radius 3 is 2.30 bits per heavy atom. The molecule has 3 rings (SSSR count). The largest absolute Gasteiger partial charge is 0.481 e. The van der Waals surface area contributed by atoms with Crippen molar-refractivity contribution in [2.75, 3.05) is 5.32 Å². The molecular weight excluding hydrogens is 376 g/mol. The summed E-state index contributed by atoms with van der Waals surface area (Å²) >= 11 is 0. The van der Waals surface area contributed by atoms with Crippen LogP contribution in [0.15, 0.2) is 78.9 Å². The molecule has 2 atom stereocenters. The van der Waals surface area contributed by atoms with E-state index in [-0.39, 0.29) is 17.9 Å². The first-order chi connectivity index (χ1) is 14.4. The van der Waals surface area contributed by atoms with Crippen molar-refractivity contribution >= 4 is 17.5 Å². The maximum atomic E-state index is 12.8. The van der Waals surface area contributed by atoms with Crippen molar-refractivity contribution in [3.63, 3.8) is 0 Å². The van der Waals surface area contributed by atoms with Gasteiger partial charge in [0.2, 0.25) is 0 Å². The summed E-state index contributed by atoms with van der Waals surface area (Å²) in [5, 5.41) is 5.79. The summed E-state index contributed by atoms with van der Waals surface area (Å²) in [5.74, 6) is 0.0442. The SMILES string of the molecule is Cc1cccc(O[C@@H](C)C(=O)Nc2ccccc2C(=O)N[C@@H](C)c2ccccc2)c1. The summed E-state index contributed by atoms with van der Waals surface area (Å²) in [4.78, 5) is 25.5. The van der Waals surface area contributed by atoms with Gasteiger partial charge in [0.15, 0.2) is 6.10 Å². The molecule has 0 saturated heterocycles. The van der Waals surface area contributed by atoms with E-state index in [9.17, 15) is 9.59 Å². The lowest BCUT2D eigenvalue weighted by Gasteiger charge is -2.18. The summed E-state index contributed by atoms with van der Waals surface area (Å²) in [6.07, 6.45) is -0.717. The predicted octanol–water partition coefficient (Wildman–Crippen LogP) is 4.89. The topological polar surface area (TPSA) is 67.4 Å². The van der Waals surface area contributed by atoms with Crippen molar-refractivity contribution in [3.05, 3.63) is 95.6 Å². The van der Waals surface area contributed by atoms with Crippen LogP contribution in [0.2, 0.25) is 0 Å². The molecule has 3 aromatic rings. The Morgan fingerprint density at radius 1 is 0.867 bits per heavy atom. The number of rotatable bonds is 7. The molecule has 0 aromatic heterocycles. The van der Waals surface area contributed by atoms with Gasteiger partial charge in [-0.05, 0) is 56.2 Å². The molecule has 0 saturated carbocycles. The first kappa shape index (κ1) is 21.1. The monoisotopic (exact) mass is 402 g/mol. The van der Waals surface area contributed by atoms with Crippen molar-refractivity contribution < 1.29 is 14.3 Å². The lowest BCUT2D eigenvalue weighted by atomic mass is 10.1. The highest BCUT2D eigenvalue weighted by Crippen LogP contribution is 2.19. The number of hydrogen-bond acceptors (Lipinski definition) is 3. The fraction of sp³-hybridized carbons (Fsp3) is 0.200. The van der Waals surface area contributed by atoms with E-state index >= 15 is 0 Å². The molecule has 0 heterocycles. The fourth-order valence-corrected chi connectivity index (χ4v) is 3.07. The average molecular weight is 402 g/mol. The van der Waals surface area contributed by atoms with Crippen molar-refractivity contribution in [2.45, 2.75) is 32.9 Å². The van der Waals surface area contributed by atoms with Crippen LogP contribution in [0.4, 0.5) is 5.69 Å². The third kappa shape index (κ3) is 5.47. The number of hydrogen-bond donors (Lipinski definition) is 2. The van der Waals surface area contributed by atoms with Gasteiger partial charge in [0.25, 0.3) is 11.8 Å². The molecule has 0 aliphatic carbocycles. The molecule has 5 heteroatoms. The van der Waals surface area contributed by atoms with E-state index in [0.29, 0.717) is 17.0 Å². The summed E-state index contributed by atoms with van der Waals surface area (Å²) in [6, 6.07) is 24.0. The number of benzene rings is 3. The molecule has 0 unspecified atom stereocenters. The molecular formula is C25H26N2O3. The van der Waals surface area contributed by atoms with Gasteiger partial charge in [-0.15, -0.1) is 0 Å². The molecule has 5 nitrogen and oxygen atoms in total. The number of aryl methyl sites for hydroxylation is 1. The number of para-hydroxylation sites is 1. The van der Waals surface area contributed by atoms with E-state index in [2.05, 4.69) is 10.6 Å². The van der Waals surface area contributed by atoms with E-state index < -0.39 is 6.10 Å². The van der Waals surface area contributed by atoms with Gasteiger partial charge >= 0.3 is 0 Å². The molecule has 154 valence electrons. The van der Waals surface area contributed by atoms with E-state index in [1.165, 1.54) is 0 Å². The lowest BCUT2D eigenvalue weighted by Crippen LogP contribution is -2.32. The Kier molecular flexibility index (Phi) is 6.86. The molecule has 0 bridgehead atoms. The average Bonchev–Trinajstić information content (AvgIpc) is 2.74. The smallest absolute Gasteiger partial charge is 0.265 e. The third-order valence-electron chi connectivity index (χ3n) is 4.75. The minimum absolute atomic E-state index is 0.161. The number of carbonyl (C=O) groups is 2. The highest BCUT2D eigenvalue weighted by Gasteiger charge is 2.19. The Hall–Kier alpha value is -3.60. The van der Waals surface area contributed by atoms with Crippen LogP contribution in [0.25, 0.3) is 0 Å². The maximum absolute atomic E-state index is 12.8. The van der Waals surface area contributed by atoms with Gasteiger partial charge in [-0.3, -0.25) is 9.59 Å². The molecule has 0 aliphatic heterocycles. The Bertz CT molecular complexity index is 1020. The molecule has 0 spiro atoms. The van der Waals surface area contributed by atoms with Gasteiger partial charge in [0.1, 0.15) is 5.75 Å². The third-order valence-corrected chi connectivity index (χ3v) is 4.75. The van der Waals surface area contributed by atoms with Gasteiger partial charge < -0.3 is 15.4 Å². The number of ether oxygens (including phenoxy) is 1. The van der Waals surface area contributed by atoms with Crippen LogP contribution < -0.4 is 15.4 Å². The zero-order valence-electron chi connectivity index (χ0n) is 17.4. The van der Waals surface area contributed by atoms with Crippen molar-refractivity contribution in [2.24, 2.45) is 0 Å². The second-order valence-corrected chi connectivity index (χ2v) is 7.22. The first-order valence-electron chi connectivity index (χ1n) is 9.93. The Morgan fingerprint density at radius 2 is 1.57 bits per heavy atom. The summed E-state index contributed by atoms with van der Waals surface area (Å²) in [6.45, 7) is 5.56. The molecule has 0 aliphatic rings. The van der Waals surface area contributed by atoms with Gasteiger partial charge in [-0.2, -0.15) is 0 Å². The van der Waals surface area contributed by atoms with E-state index in [1.54, 1.807) is 31.2 Å². The van der Waals surface area contributed by atoms with E-state index in [4.69, 9.17) is 4.74 Å². The second-order valence-electron chi connectivity index (χ2n) is 7.22. The zero-order valence-corrected chi connectivity index (χ0v) is 17.4. The van der Waals surface area contributed by atoms with Crippen molar-refractivity contribution in [1.29, 1.82) is 0 Å². The zero-order chi connectivity index (χ0) is 21.5. The number of nitrogens with one attached hydrogen (secondary N) is 2. The van der Waals surface area contributed by atoms with Crippen LogP contribution in [0, 0.1) is 6.92 Å².